The number of carbonyl (C=O) groups is 1. The highest BCUT2D eigenvalue weighted by molar-refractivity contribution is 6.01. The van der Waals surface area contributed by atoms with Crippen LogP contribution in [0.4, 0.5) is 5.69 Å². The molecule has 2 aromatic carbocycles. The van der Waals surface area contributed by atoms with Gasteiger partial charge in [0.1, 0.15) is 5.75 Å². The largest absolute Gasteiger partial charge is 0.497 e. The van der Waals surface area contributed by atoms with E-state index in [0.29, 0.717) is 17.1 Å². The number of aromatic nitrogens is 2. The van der Waals surface area contributed by atoms with Crippen molar-refractivity contribution in [1.29, 1.82) is 0 Å². The molecular formula is C17H16N3O4+. The Morgan fingerprint density at radius 2 is 1.96 bits per heavy atom. The van der Waals surface area contributed by atoms with Crippen molar-refractivity contribution < 1.29 is 18.7 Å². The third-order valence-corrected chi connectivity index (χ3v) is 3.47. The Labute approximate surface area is 137 Å². The number of aromatic amines is 1. The normalized spacial score (nSPS) is 10.4. The minimum absolute atomic E-state index is 0.151. The van der Waals surface area contributed by atoms with Gasteiger partial charge in [-0.3, -0.25) is 9.32 Å². The van der Waals surface area contributed by atoms with Gasteiger partial charge in [-0.1, -0.05) is 12.1 Å². The van der Waals surface area contributed by atoms with Crippen LogP contribution in [-0.4, -0.2) is 18.3 Å². The number of anilines is 1. The van der Waals surface area contributed by atoms with Crippen LogP contribution in [0, 0.1) is 6.92 Å². The van der Waals surface area contributed by atoms with Crippen molar-refractivity contribution in [3.8, 4) is 11.4 Å². The number of rotatable bonds is 4. The Hall–Kier alpha value is -3.35. The molecule has 0 aliphatic heterocycles. The summed E-state index contributed by atoms with van der Waals surface area (Å²) in [5.74, 6) is 0.0994. The lowest BCUT2D eigenvalue weighted by Crippen LogP contribution is -2.42. The molecule has 0 saturated carbocycles. The summed E-state index contributed by atoms with van der Waals surface area (Å²) < 4.78 is 11.2. The van der Waals surface area contributed by atoms with Crippen molar-refractivity contribution in [3.05, 3.63) is 70.2 Å². The van der Waals surface area contributed by atoms with E-state index >= 15 is 0 Å². The lowest BCUT2D eigenvalue weighted by atomic mass is 10.2. The second kappa shape index (κ2) is 6.41. The summed E-state index contributed by atoms with van der Waals surface area (Å²) >= 11 is 0. The van der Waals surface area contributed by atoms with Crippen molar-refractivity contribution in [2.45, 2.75) is 6.92 Å². The van der Waals surface area contributed by atoms with E-state index in [0.717, 1.165) is 5.56 Å². The van der Waals surface area contributed by atoms with Crippen LogP contribution in [0.1, 0.15) is 16.1 Å². The molecule has 0 bridgehead atoms. The Morgan fingerprint density at radius 1 is 1.21 bits per heavy atom. The van der Waals surface area contributed by atoms with Crippen LogP contribution in [0.5, 0.6) is 5.75 Å². The van der Waals surface area contributed by atoms with Gasteiger partial charge in [0, 0.05) is 17.8 Å². The molecule has 1 amide bonds. The zero-order valence-electron chi connectivity index (χ0n) is 13.2. The quantitative estimate of drug-likeness (QED) is 0.716. The van der Waals surface area contributed by atoms with Gasteiger partial charge in [-0.05, 0) is 46.7 Å². The molecule has 0 fully saturated rings. The van der Waals surface area contributed by atoms with Crippen LogP contribution in [-0.2, 0) is 0 Å². The average molecular weight is 326 g/mol. The van der Waals surface area contributed by atoms with Gasteiger partial charge in [0.05, 0.1) is 7.11 Å². The Balaban J connectivity index is 1.94. The number of ether oxygens (including phenoxy) is 1. The topological polar surface area (TPSA) is 88.2 Å². The van der Waals surface area contributed by atoms with E-state index in [4.69, 9.17) is 9.26 Å². The van der Waals surface area contributed by atoms with E-state index in [1.54, 1.807) is 37.4 Å². The minimum Gasteiger partial charge on any atom is -0.497 e. The lowest BCUT2D eigenvalue weighted by Gasteiger charge is -2.02. The first-order chi connectivity index (χ1) is 11.6. The van der Waals surface area contributed by atoms with Gasteiger partial charge >= 0.3 is 17.2 Å². The van der Waals surface area contributed by atoms with E-state index in [1.165, 1.54) is 4.68 Å². The molecule has 0 aliphatic carbocycles. The van der Waals surface area contributed by atoms with E-state index < -0.39 is 11.5 Å². The molecule has 3 aromatic rings. The molecule has 7 nitrogen and oxygen atoms in total. The molecule has 1 heterocycles. The molecule has 7 heteroatoms. The predicted octanol–water partition coefficient (Wildman–Crippen LogP) is 1.81. The molecule has 0 spiro atoms. The SMILES string of the molecule is COc1ccc(-[n+]2[nH]oc(=O)c2C(=O)Nc2cccc(C)c2)cc1. The monoisotopic (exact) mass is 326 g/mol. The smallest absolute Gasteiger partial charge is 0.441 e. The maximum absolute atomic E-state index is 12.5. The third kappa shape index (κ3) is 3.05. The molecule has 0 atom stereocenters. The van der Waals surface area contributed by atoms with Crippen molar-refractivity contribution >= 4 is 11.6 Å². The highest BCUT2D eigenvalue weighted by Crippen LogP contribution is 2.12. The average Bonchev–Trinajstić information content (AvgIpc) is 2.96. The van der Waals surface area contributed by atoms with Crippen LogP contribution in [0.25, 0.3) is 5.69 Å². The number of nitrogens with one attached hydrogen (secondary N) is 2. The van der Waals surface area contributed by atoms with Gasteiger partial charge in [0.15, 0.2) is 0 Å². The first-order valence-corrected chi connectivity index (χ1v) is 7.24. The fraction of sp³-hybridized carbons (Fsp3) is 0.118. The summed E-state index contributed by atoms with van der Waals surface area (Å²) in [5.41, 5.74) is 1.26. The molecule has 3 rings (SSSR count). The van der Waals surface area contributed by atoms with Gasteiger partial charge in [-0.2, -0.15) is 0 Å². The maximum Gasteiger partial charge on any atom is 0.441 e. The van der Waals surface area contributed by atoms with Crippen molar-refractivity contribution in [2.75, 3.05) is 12.4 Å². The van der Waals surface area contributed by atoms with E-state index in [9.17, 15) is 9.59 Å². The van der Waals surface area contributed by atoms with Crippen LogP contribution in [0.15, 0.2) is 57.8 Å². The minimum atomic E-state index is -0.754. The van der Waals surface area contributed by atoms with Crippen molar-refractivity contribution in [2.24, 2.45) is 0 Å². The summed E-state index contributed by atoms with van der Waals surface area (Å²) in [6.45, 7) is 1.91. The number of aryl methyl sites for hydroxylation is 1. The Bertz CT molecular complexity index is 926. The van der Waals surface area contributed by atoms with Crippen LogP contribution in [0.3, 0.4) is 0 Å². The first kappa shape index (κ1) is 15.5. The third-order valence-electron chi connectivity index (χ3n) is 3.47. The first-order valence-electron chi connectivity index (χ1n) is 7.24. The van der Waals surface area contributed by atoms with Crippen LogP contribution < -0.4 is 20.4 Å². The molecule has 0 radical (unpaired) electrons. The fourth-order valence-electron chi connectivity index (χ4n) is 2.29. The zero-order chi connectivity index (χ0) is 17.1. The highest BCUT2D eigenvalue weighted by Gasteiger charge is 2.30. The number of carbonyl (C=O) groups excluding carboxylic acids is 1. The maximum atomic E-state index is 12.5. The van der Waals surface area contributed by atoms with Gasteiger partial charge in [0.2, 0.25) is 5.69 Å². The molecule has 122 valence electrons. The molecule has 0 aliphatic rings. The molecule has 1 aromatic heterocycles. The van der Waals surface area contributed by atoms with Gasteiger partial charge < -0.3 is 10.1 Å². The van der Waals surface area contributed by atoms with E-state index in [1.807, 2.05) is 25.1 Å². The summed E-state index contributed by atoms with van der Waals surface area (Å²) in [6.07, 6.45) is 0. The molecular weight excluding hydrogens is 310 g/mol. The van der Waals surface area contributed by atoms with Gasteiger partial charge in [-0.25, -0.2) is 4.79 Å². The van der Waals surface area contributed by atoms with Crippen LogP contribution >= 0.6 is 0 Å². The highest BCUT2D eigenvalue weighted by atomic mass is 16.5. The number of methoxy groups -OCH3 is 1. The predicted molar refractivity (Wildman–Crippen MR) is 86.5 cm³/mol. The number of hydrogen-bond donors (Lipinski definition) is 2. The number of nitrogens with zero attached hydrogens (tertiary/aromatic N) is 1. The molecule has 0 saturated heterocycles. The number of amides is 1. The second-order valence-corrected chi connectivity index (χ2v) is 5.19. The van der Waals surface area contributed by atoms with E-state index in [2.05, 4.69) is 10.6 Å². The standard InChI is InChI=1S/C17H15N3O4/c1-11-4-3-5-12(10-11)18-16(21)15-17(22)24-19-20(15)13-6-8-14(23-2)9-7-13/h3-10H,1-2H3,(H-,18,19,21,22)/p+1. The summed E-state index contributed by atoms with van der Waals surface area (Å²) in [4.78, 5) is 24.4. The summed E-state index contributed by atoms with van der Waals surface area (Å²) in [6, 6.07) is 14.1. The van der Waals surface area contributed by atoms with Gasteiger partial charge in [0.25, 0.3) is 0 Å². The summed E-state index contributed by atoms with van der Waals surface area (Å²) in [7, 11) is 1.56. The number of benzene rings is 2. The Kier molecular flexibility index (Phi) is 4.15. The molecule has 2 N–H and O–H groups in total. The Morgan fingerprint density at radius 3 is 2.62 bits per heavy atom. The molecule has 0 unspecified atom stereocenters. The molecule has 24 heavy (non-hydrogen) atoms. The number of H-pyrrole nitrogens is 1. The zero-order valence-corrected chi connectivity index (χ0v) is 13.2. The second-order valence-electron chi connectivity index (χ2n) is 5.19. The van der Waals surface area contributed by atoms with Crippen LogP contribution in [0.2, 0.25) is 0 Å². The van der Waals surface area contributed by atoms with Crippen molar-refractivity contribution in [1.82, 2.24) is 5.27 Å². The van der Waals surface area contributed by atoms with Gasteiger partial charge in [-0.15, -0.1) is 0 Å². The van der Waals surface area contributed by atoms with Crippen molar-refractivity contribution in [3.63, 3.8) is 0 Å². The number of hydrogen-bond acceptors (Lipinski definition) is 4. The fourth-order valence-corrected chi connectivity index (χ4v) is 2.29. The summed E-state index contributed by atoms with van der Waals surface area (Å²) in [5, 5.41) is 5.13. The van der Waals surface area contributed by atoms with E-state index in [-0.39, 0.29) is 5.69 Å². The lowest BCUT2D eigenvalue weighted by molar-refractivity contribution is -0.672.